The highest BCUT2D eigenvalue weighted by Gasteiger charge is 2.00. The quantitative estimate of drug-likeness (QED) is 0.745. The zero-order chi connectivity index (χ0) is 11.4. The molecule has 0 saturated carbocycles. The second kappa shape index (κ2) is 5.04. The summed E-state index contributed by atoms with van der Waals surface area (Å²) in [5.41, 5.74) is 3.71. The Hall–Kier alpha value is -1.47. The summed E-state index contributed by atoms with van der Waals surface area (Å²) in [6.07, 6.45) is 2.79. The molecule has 80 valence electrons. The van der Waals surface area contributed by atoms with Gasteiger partial charge >= 0.3 is 0 Å². The van der Waals surface area contributed by atoms with Gasteiger partial charge in [0.05, 0.1) is 0 Å². The van der Waals surface area contributed by atoms with Gasteiger partial charge < -0.3 is 0 Å². The van der Waals surface area contributed by atoms with Gasteiger partial charge in [-0.05, 0) is 29.2 Å². The van der Waals surface area contributed by atoms with E-state index in [0.29, 0.717) is 0 Å². The van der Waals surface area contributed by atoms with Gasteiger partial charge in [-0.25, -0.2) is 0 Å². The topological polar surface area (TPSA) is 0 Å². The summed E-state index contributed by atoms with van der Waals surface area (Å²) in [7, 11) is 0. The molecule has 0 nitrogen and oxygen atoms in total. The van der Waals surface area contributed by atoms with E-state index >= 15 is 0 Å². The van der Waals surface area contributed by atoms with Crippen LogP contribution in [0.2, 0.25) is 0 Å². The van der Waals surface area contributed by atoms with Crippen LogP contribution in [-0.4, -0.2) is 0 Å². The Labute approximate surface area is 102 Å². The third kappa shape index (κ3) is 2.56. The third-order valence-electron chi connectivity index (χ3n) is 2.57. The predicted octanol–water partition coefficient (Wildman–Crippen LogP) is 4.21. The van der Waals surface area contributed by atoms with Crippen LogP contribution >= 0.6 is 12.6 Å². The van der Waals surface area contributed by atoms with Crippen molar-refractivity contribution >= 4 is 18.7 Å². The SMILES string of the molecule is C=Cc1cccc(Cc2ccccc2S)c1. The Balaban J connectivity index is 2.27. The molecule has 0 aliphatic heterocycles. The minimum atomic E-state index is 0.918. The van der Waals surface area contributed by atoms with Crippen LogP contribution in [-0.2, 0) is 6.42 Å². The Bertz CT molecular complexity index is 500. The van der Waals surface area contributed by atoms with E-state index in [1.54, 1.807) is 0 Å². The fourth-order valence-corrected chi connectivity index (χ4v) is 1.95. The van der Waals surface area contributed by atoms with Gasteiger partial charge in [0, 0.05) is 4.90 Å². The molecule has 2 aromatic rings. The van der Waals surface area contributed by atoms with Crippen molar-refractivity contribution in [3.63, 3.8) is 0 Å². The molecule has 0 spiro atoms. The van der Waals surface area contributed by atoms with Crippen molar-refractivity contribution in [3.8, 4) is 0 Å². The summed E-state index contributed by atoms with van der Waals surface area (Å²) in [5.74, 6) is 0. The number of hydrogen-bond acceptors (Lipinski definition) is 1. The second-order valence-electron chi connectivity index (χ2n) is 3.75. The highest BCUT2D eigenvalue weighted by atomic mass is 32.1. The predicted molar refractivity (Wildman–Crippen MR) is 73.0 cm³/mol. The molecule has 0 N–H and O–H groups in total. The Morgan fingerprint density at radius 3 is 2.62 bits per heavy atom. The van der Waals surface area contributed by atoms with Gasteiger partial charge in [0.15, 0.2) is 0 Å². The molecule has 0 aromatic heterocycles. The smallest absolute Gasteiger partial charge is 0.00754 e. The summed E-state index contributed by atoms with van der Waals surface area (Å²) < 4.78 is 0. The molecule has 1 heteroatoms. The maximum Gasteiger partial charge on any atom is 0.00754 e. The Morgan fingerprint density at radius 2 is 1.88 bits per heavy atom. The molecule has 0 heterocycles. The van der Waals surface area contributed by atoms with Gasteiger partial charge in [-0.3, -0.25) is 0 Å². The lowest BCUT2D eigenvalue weighted by molar-refractivity contribution is 1.13. The van der Waals surface area contributed by atoms with Crippen molar-refractivity contribution in [2.75, 3.05) is 0 Å². The highest BCUT2D eigenvalue weighted by molar-refractivity contribution is 7.80. The molecule has 0 aliphatic carbocycles. The fraction of sp³-hybridized carbons (Fsp3) is 0.0667. The van der Waals surface area contributed by atoms with Crippen LogP contribution in [0.3, 0.4) is 0 Å². The number of rotatable bonds is 3. The average Bonchev–Trinajstić information content (AvgIpc) is 2.32. The van der Waals surface area contributed by atoms with Crippen LogP contribution in [0.5, 0.6) is 0 Å². The van der Waals surface area contributed by atoms with Gasteiger partial charge in [-0.1, -0.05) is 55.1 Å². The number of thiol groups is 1. The van der Waals surface area contributed by atoms with Crippen LogP contribution in [0, 0.1) is 0 Å². The lowest BCUT2D eigenvalue weighted by Crippen LogP contribution is -1.89. The summed E-state index contributed by atoms with van der Waals surface area (Å²) in [4.78, 5) is 1.05. The van der Waals surface area contributed by atoms with E-state index in [9.17, 15) is 0 Å². The highest BCUT2D eigenvalue weighted by Crippen LogP contribution is 2.18. The first-order chi connectivity index (χ1) is 7.79. The summed E-state index contributed by atoms with van der Waals surface area (Å²) in [6, 6.07) is 16.6. The molecule has 0 fully saturated rings. The molecule has 16 heavy (non-hydrogen) atoms. The van der Waals surface area contributed by atoms with E-state index in [0.717, 1.165) is 16.9 Å². The van der Waals surface area contributed by atoms with Crippen LogP contribution in [0.1, 0.15) is 16.7 Å². The van der Waals surface area contributed by atoms with Gasteiger partial charge in [0.2, 0.25) is 0 Å². The van der Waals surface area contributed by atoms with Crippen LogP contribution in [0.25, 0.3) is 6.08 Å². The zero-order valence-corrected chi connectivity index (χ0v) is 9.95. The summed E-state index contributed by atoms with van der Waals surface area (Å²) >= 11 is 4.46. The Kier molecular flexibility index (Phi) is 3.47. The first kappa shape index (κ1) is 11.0. The number of benzene rings is 2. The number of hydrogen-bond donors (Lipinski definition) is 1. The molecule has 2 aromatic carbocycles. The minimum Gasteiger partial charge on any atom is -0.143 e. The van der Waals surface area contributed by atoms with Crippen molar-refractivity contribution in [2.24, 2.45) is 0 Å². The van der Waals surface area contributed by atoms with E-state index in [2.05, 4.69) is 49.5 Å². The largest absolute Gasteiger partial charge is 0.143 e. The molecule has 2 rings (SSSR count). The van der Waals surface area contributed by atoms with Gasteiger partial charge in [0.1, 0.15) is 0 Å². The van der Waals surface area contributed by atoms with Crippen molar-refractivity contribution in [1.29, 1.82) is 0 Å². The standard InChI is InChI=1S/C15H14S/c1-2-12-6-5-7-13(10-12)11-14-8-3-4-9-15(14)16/h2-10,16H,1,11H2. The molecule has 0 aliphatic rings. The van der Waals surface area contributed by atoms with Gasteiger partial charge in [-0.15, -0.1) is 12.6 Å². The molecule has 0 bridgehead atoms. The van der Waals surface area contributed by atoms with Crippen LogP contribution < -0.4 is 0 Å². The van der Waals surface area contributed by atoms with Gasteiger partial charge in [0.25, 0.3) is 0 Å². The molecular weight excluding hydrogens is 212 g/mol. The van der Waals surface area contributed by atoms with Gasteiger partial charge in [-0.2, -0.15) is 0 Å². The maximum absolute atomic E-state index is 4.46. The fourth-order valence-electron chi connectivity index (χ4n) is 1.71. The summed E-state index contributed by atoms with van der Waals surface area (Å²) in [5, 5.41) is 0. The summed E-state index contributed by atoms with van der Waals surface area (Å²) in [6.45, 7) is 3.78. The lowest BCUT2D eigenvalue weighted by atomic mass is 10.0. The normalized spacial score (nSPS) is 10.1. The lowest BCUT2D eigenvalue weighted by Gasteiger charge is -2.05. The average molecular weight is 226 g/mol. The first-order valence-corrected chi connectivity index (χ1v) is 5.72. The third-order valence-corrected chi connectivity index (χ3v) is 3.01. The maximum atomic E-state index is 4.46. The minimum absolute atomic E-state index is 0.918. The van der Waals surface area contributed by atoms with Crippen molar-refractivity contribution in [3.05, 3.63) is 71.8 Å². The molecule has 0 unspecified atom stereocenters. The van der Waals surface area contributed by atoms with E-state index in [-0.39, 0.29) is 0 Å². The molecule has 0 radical (unpaired) electrons. The molecule has 0 saturated heterocycles. The van der Waals surface area contributed by atoms with E-state index in [1.165, 1.54) is 11.1 Å². The molecular formula is C15H14S. The van der Waals surface area contributed by atoms with Crippen molar-refractivity contribution < 1.29 is 0 Å². The van der Waals surface area contributed by atoms with E-state index in [1.807, 2.05) is 24.3 Å². The van der Waals surface area contributed by atoms with Crippen molar-refractivity contribution in [1.82, 2.24) is 0 Å². The van der Waals surface area contributed by atoms with Crippen molar-refractivity contribution in [2.45, 2.75) is 11.3 Å². The second-order valence-corrected chi connectivity index (χ2v) is 4.24. The van der Waals surface area contributed by atoms with E-state index in [4.69, 9.17) is 0 Å². The van der Waals surface area contributed by atoms with Crippen LogP contribution in [0.4, 0.5) is 0 Å². The zero-order valence-electron chi connectivity index (χ0n) is 9.06. The Morgan fingerprint density at radius 1 is 1.06 bits per heavy atom. The molecule has 0 atom stereocenters. The first-order valence-electron chi connectivity index (χ1n) is 5.28. The van der Waals surface area contributed by atoms with E-state index < -0.39 is 0 Å². The van der Waals surface area contributed by atoms with Crippen LogP contribution in [0.15, 0.2) is 60.0 Å². The monoisotopic (exact) mass is 226 g/mol. The molecule has 0 amide bonds.